The molecular formula is C21H26ClN7. The van der Waals surface area contributed by atoms with Crippen molar-refractivity contribution in [2.24, 2.45) is 5.92 Å². The quantitative estimate of drug-likeness (QED) is 0.643. The van der Waals surface area contributed by atoms with Crippen LogP contribution in [0.15, 0.2) is 18.3 Å². The van der Waals surface area contributed by atoms with Gasteiger partial charge in [0.25, 0.3) is 0 Å². The molecule has 0 radical (unpaired) electrons. The first-order valence-corrected chi connectivity index (χ1v) is 10.7. The lowest BCUT2D eigenvalue weighted by Crippen LogP contribution is -2.46. The smallest absolute Gasteiger partial charge is 0.225 e. The molecule has 2 fully saturated rings. The minimum absolute atomic E-state index is 0.724. The van der Waals surface area contributed by atoms with Crippen molar-refractivity contribution in [1.82, 2.24) is 29.5 Å². The first-order chi connectivity index (χ1) is 14.1. The molecule has 4 heterocycles. The van der Waals surface area contributed by atoms with Gasteiger partial charge >= 0.3 is 0 Å². The summed E-state index contributed by atoms with van der Waals surface area (Å²) in [5.74, 6) is 2.64. The molecule has 0 bridgehead atoms. The van der Waals surface area contributed by atoms with Crippen LogP contribution in [0.2, 0.25) is 5.02 Å². The predicted molar refractivity (Wildman–Crippen MR) is 113 cm³/mol. The van der Waals surface area contributed by atoms with Gasteiger partial charge in [-0.3, -0.25) is 9.30 Å². The zero-order chi connectivity index (χ0) is 20.0. The second kappa shape index (κ2) is 7.54. The average molecular weight is 412 g/mol. The lowest BCUT2D eigenvalue weighted by atomic mass is 10.2. The van der Waals surface area contributed by atoms with Crippen molar-refractivity contribution in [3.63, 3.8) is 0 Å². The molecule has 1 aliphatic carbocycles. The summed E-state index contributed by atoms with van der Waals surface area (Å²) in [6.45, 7) is 8.61. The Bertz CT molecular complexity index is 1010. The van der Waals surface area contributed by atoms with Gasteiger partial charge in [0.05, 0.1) is 5.02 Å². The number of piperazine rings is 1. The number of aromatic nitrogens is 5. The number of rotatable bonds is 5. The van der Waals surface area contributed by atoms with Gasteiger partial charge in [0.1, 0.15) is 5.82 Å². The molecule has 1 saturated heterocycles. The highest BCUT2D eigenvalue weighted by Gasteiger charge is 2.25. The fourth-order valence-electron chi connectivity index (χ4n) is 4.05. The van der Waals surface area contributed by atoms with Gasteiger partial charge in [-0.1, -0.05) is 11.6 Å². The maximum Gasteiger partial charge on any atom is 0.225 e. The first-order valence-electron chi connectivity index (χ1n) is 10.4. The van der Waals surface area contributed by atoms with Crippen molar-refractivity contribution in [1.29, 1.82) is 0 Å². The SMILES string of the molecule is Cc1cc(C)nc(N2CCN(Cc3ccn4c(CC5CC5)nnc4c3Cl)CC2)n1. The summed E-state index contributed by atoms with van der Waals surface area (Å²) in [4.78, 5) is 13.9. The number of pyridine rings is 1. The van der Waals surface area contributed by atoms with Crippen LogP contribution in [0.25, 0.3) is 5.65 Å². The molecule has 2 aliphatic rings. The number of nitrogens with zero attached hydrogens (tertiary/aromatic N) is 7. The highest BCUT2D eigenvalue weighted by molar-refractivity contribution is 6.34. The standard InChI is InChI=1S/C21H26ClN7/c1-14-11-15(2)24-21(23-14)28-9-7-27(8-10-28)13-17-5-6-29-18(12-16-3-4-16)25-26-20(29)19(17)22/h5-6,11,16H,3-4,7-10,12-13H2,1-2H3. The van der Waals surface area contributed by atoms with Gasteiger partial charge in [-0.15, -0.1) is 10.2 Å². The highest BCUT2D eigenvalue weighted by atomic mass is 35.5. The van der Waals surface area contributed by atoms with Crippen LogP contribution >= 0.6 is 11.6 Å². The second-order valence-electron chi connectivity index (χ2n) is 8.33. The maximum atomic E-state index is 6.71. The Morgan fingerprint density at radius 3 is 2.45 bits per heavy atom. The van der Waals surface area contributed by atoms with Gasteiger partial charge in [-0.05, 0) is 50.3 Å². The van der Waals surface area contributed by atoms with Crippen LogP contribution in [-0.4, -0.2) is 55.6 Å². The van der Waals surface area contributed by atoms with Gasteiger partial charge in [0, 0.05) is 56.7 Å². The van der Waals surface area contributed by atoms with E-state index in [1.165, 1.54) is 12.8 Å². The van der Waals surface area contributed by atoms with E-state index in [0.717, 1.165) is 84.5 Å². The van der Waals surface area contributed by atoms with E-state index in [1.807, 2.05) is 19.9 Å². The molecule has 3 aromatic rings. The molecule has 152 valence electrons. The van der Waals surface area contributed by atoms with Crippen LogP contribution in [0.4, 0.5) is 5.95 Å². The van der Waals surface area contributed by atoms with E-state index >= 15 is 0 Å². The van der Waals surface area contributed by atoms with Crippen molar-refractivity contribution in [3.8, 4) is 0 Å². The average Bonchev–Trinajstić information content (AvgIpc) is 3.42. The van der Waals surface area contributed by atoms with Crippen LogP contribution in [0.1, 0.15) is 35.6 Å². The minimum Gasteiger partial charge on any atom is -0.338 e. The molecule has 7 nitrogen and oxygen atoms in total. The number of hydrogen-bond acceptors (Lipinski definition) is 6. The Morgan fingerprint density at radius 1 is 1.03 bits per heavy atom. The molecule has 0 amide bonds. The van der Waals surface area contributed by atoms with E-state index in [9.17, 15) is 0 Å². The predicted octanol–water partition coefficient (Wildman–Crippen LogP) is 3.06. The summed E-state index contributed by atoms with van der Waals surface area (Å²) in [5, 5.41) is 9.46. The van der Waals surface area contributed by atoms with Crippen LogP contribution in [0.5, 0.6) is 0 Å². The molecule has 8 heteroatoms. The fraction of sp³-hybridized carbons (Fsp3) is 0.524. The monoisotopic (exact) mass is 411 g/mol. The van der Waals surface area contributed by atoms with Crippen molar-refractivity contribution < 1.29 is 0 Å². The first kappa shape index (κ1) is 18.8. The van der Waals surface area contributed by atoms with Gasteiger partial charge in [-0.25, -0.2) is 9.97 Å². The van der Waals surface area contributed by atoms with Gasteiger partial charge < -0.3 is 4.90 Å². The van der Waals surface area contributed by atoms with E-state index in [1.54, 1.807) is 0 Å². The van der Waals surface area contributed by atoms with E-state index in [4.69, 9.17) is 11.6 Å². The zero-order valence-electron chi connectivity index (χ0n) is 17.0. The molecule has 3 aromatic heterocycles. The van der Waals surface area contributed by atoms with Crippen molar-refractivity contribution in [2.75, 3.05) is 31.1 Å². The third kappa shape index (κ3) is 3.94. The van der Waals surface area contributed by atoms with Crippen LogP contribution in [0.3, 0.4) is 0 Å². The molecule has 0 unspecified atom stereocenters. The van der Waals surface area contributed by atoms with E-state index < -0.39 is 0 Å². The molecule has 0 N–H and O–H groups in total. The number of halogens is 1. The Balaban J connectivity index is 1.26. The van der Waals surface area contributed by atoms with Gasteiger partial charge in [0.2, 0.25) is 5.95 Å². The highest BCUT2D eigenvalue weighted by Crippen LogP contribution is 2.33. The summed E-state index contributed by atoms with van der Waals surface area (Å²) in [6, 6.07) is 4.13. The molecular weight excluding hydrogens is 386 g/mol. The van der Waals surface area contributed by atoms with Crippen molar-refractivity contribution in [2.45, 2.75) is 39.7 Å². The van der Waals surface area contributed by atoms with E-state index in [0.29, 0.717) is 0 Å². The van der Waals surface area contributed by atoms with E-state index in [2.05, 4.69) is 46.6 Å². The topological polar surface area (TPSA) is 62.5 Å². The lowest BCUT2D eigenvalue weighted by molar-refractivity contribution is 0.248. The molecule has 5 rings (SSSR count). The summed E-state index contributed by atoms with van der Waals surface area (Å²) < 4.78 is 2.06. The van der Waals surface area contributed by atoms with Crippen LogP contribution < -0.4 is 4.90 Å². The molecule has 0 aromatic carbocycles. The largest absolute Gasteiger partial charge is 0.338 e. The molecule has 1 aliphatic heterocycles. The van der Waals surface area contributed by atoms with Gasteiger partial charge in [-0.2, -0.15) is 0 Å². The molecule has 29 heavy (non-hydrogen) atoms. The third-order valence-electron chi connectivity index (χ3n) is 5.86. The third-order valence-corrected chi connectivity index (χ3v) is 6.27. The molecule has 1 saturated carbocycles. The summed E-state index contributed by atoms with van der Waals surface area (Å²) in [6.07, 6.45) is 5.69. The zero-order valence-corrected chi connectivity index (χ0v) is 17.7. The van der Waals surface area contributed by atoms with Crippen LogP contribution in [-0.2, 0) is 13.0 Å². The Labute approximate surface area is 175 Å². The number of fused-ring (bicyclic) bond motifs is 1. The summed E-state index contributed by atoms with van der Waals surface area (Å²) in [7, 11) is 0. The second-order valence-corrected chi connectivity index (χ2v) is 8.70. The minimum atomic E-state index is 0.724. The maximum absolute atomic E-state index is 6.71. The Kier molecular flexibility index (Phi) is 4.87. The summed E-state index contributed by atoms with van der Waals surface area (Å²) >= 11 is 6.71. The van der Waals surface area contributed by atoms with Crippen LogP contribution in [0, 0.1) is 19.8 Å². The van der Waals surface area contributed by atoms with Crippen molar-refractivity contribution >= 4 is 23.2 Å². The summed E-state index contributed by atoms with van der Waals surface area (Å²) in [5.41, 5.74) is 3.93. The Morgan fingerprint density at radius 2 is 1.76 bits per heavy atom. The number of hydrogen-bond donors (Lipinski definition) is 0. The van der Waals surface area contributed by atoms with E-state index in [-0.39, 0.29) is 0 Å². The fourth-order valence-corrected chi connectivity index (χ4v) is 4.30. The van der Waals surface area contributed by atoms with Crippen molar-refractivity contribution in [3.05, 3.63) is 46.1 Å². The normalized spacial score (nSPS) is 18.0. The molecule has 0 spiro atoms. The molecule has 0 atom stereocenters. The number of anilines is 1. The van der Waals surface area contributed by atoms with Gasteiger partial charge in [0.15, 0.2) is 5.65 Å². The lowest BCUT2D eigenvalue weighted by Gasteiger charge is -2.35. The number of aryl methyl sites for hydroxylation is 2. The Hall–Kier alpha value is -2.25.